The molecule has 0 aliphatic heterocycles. The maximum Gasteiger partial charge on any atom is 0.256 e. The summed E-state index contributed by atoms with van der Waals surface area (Å²) in [5.74, 6) is -1.01. The van der Waals surface area contributed by atoms with Gasteiger partial charge in [-0.2, -0.15) is 0 Å². The zero-order chi connectivity index (χ0) is 14.9. The average molecular weight is 422 g/mol. The molecule has 3 nitrogen and oxygen atoms in total. The van der Waals surface area contributed by atoms with Crippen LogP contribution in [0.4, 0.5) is 15.8 Å². The van der Waals surface area contributed by atoms with Gasteiger partial charge in [0.05, 0.1) is 26.4 Å². The van der Waals surface area contributed by atoms with Crippen LogP contribution >= 0.6 is 43.5 Å². The summed E-state index contributed by atoms with van der Waals surface area (Å²) in [4.78, 5) is 12.2. The van der Waals surface area contributed by atoms with Gasteiger partial charge in [-0.05, 0) is 56.1 Å². The molecule has 2 aromatic rings. The van der Waals surface area contributed by atoms with Crippen molar-refractivity contribution in [1.29, 1.82) is 0 Å². The molecule has 2 aromatic carbocycles. The van der Waals surface area contributed by atoms with E-state index in [1.807, 2.05) is 0 Å². The Kier molecular flexibility index (Phi) is 4.67. The number of nitrogens with two attached hydrogens (primary N) is 1. The quantitative estimate of drug-likeness (QED) is 0.681. The second-order valence-electron chi connectivity index (χ2n) is 3.91. The van der Waals surface area contributed by atoms with Crippen molar-refractivity contribution in [3.05, 3.63) is 55.7 Å². The predicted molar refractivity (Wildman–Crippen MR) is 85.6 cm³/mol. The van der Waals surface area contributed by atoms with E-state index in [4.69, 9.17) is 17.3 Å². The lowest BCUT2D eigenvalue weighted by Gasteiger charge is -2.10. The van der Waals surface area contributed by atoms with E-state index in [0.717, 1.165) is 6.07 Å². The fourth-order valence-corrected chi connectivity index (χ4v) is 2.56. The number of benzene rings is 2. The third kappa shape index (κ3) is 3.13. The number of rotatable bonds is 2. The SMILES string of the molecule is Nc1cc(C(=O)Nc2cccc(Cl)c2Br)c(Br)cc1F. The van der Waals surface area contributed by atoms with Gasteiger partial charge in [0.15, 0.2) is 0 Å². The average Bonchev–Trinajstić information content (AvgIpc) is 2.39. The van der Waals surface area contributed by atoms with E-state index >= 15 is 0 Å². The molecule has 0 aliphatic rings. The van der Waals surface area contributed by atoms with Crippen molar-refractivity contribution in [2.75, 3.05) is 11.1 Å². The van der Waals surface area contributed by atoms with Crippen LogP contribution in [0.25, 0.3) is 0 Å². The number of anilines is 2. The Morgan fingerprint density at radius 2 is 2.00 bits per heavy atom. The van der Waals surface area contributed by atoms with Crippen LogP contribution in [0.2, 0.25) is 5.02 Å². The van der Waals surface area contributed by atoms with Gasteiger partial charge >= 0.3 is 0 Å². The molecule has 0 radical (unpaired) electrons. The van der Waals surface area contributed by atoms with Crippen molar-refractivity contribution < 1.29 is 9.18 Å². The maximum atomic E-state index is 13.3. The van der Waals surface area contributed by atoms with E-state index < -0.39 is 11.7 Å². The van der Waals surface area contributed by atoms with Crippen LogP contribution in [0.1, 0.15) is 10.4 Å². The van der Waals surface area contributed by atoms with Crippen LogP contribution in [0, 0.1) is 5.82 Å². The number of halogens is 4. The number of hydrogen-bond donors (Lipinski definition) is 2. The van der Waals surface area contributed by atoms with E-state index in [1.54, 1.807) is 18.2 Å². The fourth-order valence-electron chi connectivity index (χ4n) is 1.53. The molecule has 0 aromatic heterocycles. The van der Waals surface area contributed by atoms with Crippen molar-refractivity contribution in [3.63, 3.8) is 0 Å². The topological polar surface area (TPSA) is 55.1 Å². The molecular weight excluding hydrogens is 414 g/mol. The lowest BCUT2D eigenvalue weighted by molar-refractivity contribution is 0.102. The minimum Gasteiger partial charge on any atom is -0.396 e. The molecule has 0 spiro atoms. The first-order valence-electron chi connectivity index (χ1n) is 5.40. The summed E-state index contributed by atoms with van der Waals surface area (Å²) >= 11 is 12.4. The molecule has 0 saturated carbocycles. The summed E-state index contributed by atoms with van der Waals surface area (Å²) in [7, 11) is 0. The van der Waals surface area contributed by atoms with E-state index in [9.17, 15) is 9.18 Å². The molecule has 2 rings (SSSR count). The third-order valence-corrected chi connectivity index (χ3v) is 4.58. The first-order chi connectivity index (χ1) is 9.40. The predicted octanol–water partition coefficient (Wildman–Crippen LogP) is 4.84. The Morgan fingerprint density at radius 1 is 1.30 bits per heavy atom. The molecule has 0 atom stereocenters. The largest absolute Gasteiger partial charge is 0.396 e. The standard InChI is InChI=1S/C13H8Br2ClFN2O/c14-7-5-9(17)10(18)4-6(7)13(20)19-11-3-1-2-8(16)12(11)15/h1-5H,18H2,(H,19,20). The molecule has 0 bridgehead atoms. The first kappa shape index (κ1) is 15.3. The minimum absolute atomic E-state index is 0.0940. The molecule has 7 heteroatoms. The van der Waals surface area contributed by atoms with E-state index in [-0.39, 0.29) is 11.3 Å². The number of nitrogen functional groups attached to an aromatic ring is 1. The highest BCUT2D eigenvalue weighted by Gasteiger charge is 2.15. The Bertz CT molecular complexity index is 694. The van der Waals surface area contributed by atoms with Crippen LogP contribution in [0.3, 0.4) is 0 Å². The van der Waals surface area contributed by atoms with Gasteiger partial charge in [0.1, 0.15) is 5.82 Å². The number of nitrogens with one attached hydrogen (secondary N) is 1. The molecule has 0 aliphatic carbocycles. The lowest BCUT2D eigenvalue weighted by Crippen LogP contribution is -2.14. The molecule has 3 N–H and O–H groups in total. The Balaban J connectivity index is 2.33. The van der Waals surface area contributed by atoms with Gasteiger partial charge in [0, 0.05) is 4.47 Å². The third-order valence-electron chi connectivity index (χ3n) is 2.53. The van der Waals surface area contributed by atoms with Crippen LogP contribution in [0.15, 0.2) is 39.3 Å². The summed E-state index contributed by atoms with van der Waals surface area (Å²) < 4.78 is 14.1. The molecule has 20 heavy (non-hydrogen) atoms. The zero-order valence-corrected chi connectivity index (χ0v) is 13.8. The van der Waals surface area contributed by atoms with Crippen LogP contribution < -0.4 is 11.1 Å². The normalized spacial score (nSPS) is 10.4. The summed E-state index contributed by atoms with van der Waals surface area (Å²) in [6.07, 6.45) is 0. The van der Waals surface area contributed by atoms with Crippen molar-refractivity contribution in [2.45, 2.75) is 0 Å². The minimum atomic E-state index is -0.586. The van der Waals surface area contributed by atoms with Gasteiger partial charge < -0.3 is 11.1 Å². The highest BCUT2D eigenvalue weighted by molar-refractivity contribution is 9.11. The summed E-state index contributed by atoms with van der Waals surface area (Å²) in [6.45, 7) is 0. The van der Waals surface area contributed by atoms with Gasteiger partial charge in [-0.15, -0.1) is 0 Å². The van der Waals surface area contributed by atoms with Gasteiger partial charge in [0.2, 0.25) is 0 Å². The van der Waals surface area contributed by atoms with Crippen LogP contribution in [-0.2, 0) is 0 Å². The summed E-state index contributed by atoms with van der Waals surface area (Å²) in [5, 5.41) is 3.15. The molecule has 1 amide bonds. The van der Waals surface area contributed by atoms with Crippen molar-refractivity contribution >= 4 is 60.7 Å². The summed E-state index contributed by atoms with van der Waals surface area (Å²) in [5.41, 5.74) is 6.12. The van der Waals surface area contributed by atoms with Crippen LogP contribution in [0.5, 0.6) is 0 Å². The molecule has 104 valence electrons. The van der Waals surface area contributed by atoms with Crippen molar-refractivity contribution in [2.24, 2.45) is 0 Å². The lowest BCUT2D eigenvalue weighted by atomic mass is 10.1. The van der Waals surface area contributed by atoms with E-state index in [1.165, 1.54) is 6.07 Å². The summed E-state index contributed by atoms with van der Waals surface area (Å²) in [6, 6.07) is 7.50. The highest BCUT2D eigenvalue weighted by atomic mass is 79.9. The monoisotopic (exact) mass is 420 g/mol. The second-order valence-corrected chi connectivity index (χ2v) is 5.96. The first-order valence-corrected chi connectivity index (χ1v) is 7.36. The van der Waals surface area contributed by atoms with E-state index in [0.29, 0.717) is 19.7 Å². The van der Waals surface area contributed by atoms with Gasteiger partial charge in [-0.25, -0.2) is 4.39 Å². The smallest absolute Gasteiger partial charge is 0.256 e. The zero-order valence-electron chi connectivity index (χ0n) is 9.88. The van der Waals surface area contributed by atoms with Crippen molar-refractivity contribution in [1.82, 2.24) is 0 Å². The molecule has 0 saturated heterocycles. The van der Waals surface area contributed by atoms with Crippen molar-refractivity contribution in [3.8, 4) is 0 Å². The molecule has 0 heterocycles. The number of hydrogen-bond acceptors (Lipinski definition) is 2. The Morgan fingerprint density at radius 3 is 2.70 bits per heavy atom. The number of carbonyl (C=O) groups is 1. The van der Waals surface area contributed by atoms with Crippen LogP contribution in [-0.4, -0.2) is 5.91 Å². The fraction of sp³-hybridized carbons (Fsp3) is 0. The Labute approximate surface area is 136 Å². The molecule has 0 unspecified atom stereocenters. The highest BCUT2D eigenvalue weighted by Crippen LogP contribution is 2.31. The maximum absolute atomic E-state index is 13.3. The number of carbonyl (C=O) groups excluding carboxylic acids is 1. The van der Waals surface area contributed by atoms with E-state index in [2.05, 4.69) is 37.2 Å². The molecular formula is C13H8Br2ClFN2O. The van der Waals surface area contributed by atoms with Gasteiger partial charge in [0.25, 0.3) is 5.91 Å². The second kappa shape index (κ2) is 6.11. The Hall–Kier alpha value is -1.11. The molecule has 0 fully saturated rings. The van der Waals surface area contributed by atoms with Gasteiger partial charge in [-0.1, -0.05) is 17.7 Å². The number of amides is 1. The van der Waals surface area contributed by atoms with Gasteiger partial charge in [-0.3, -0.25) is 4.79 Å².